The molecule has 0 radical (unpaired) electrons. The first kappa shape index (κ1) is 25.4. The van der Waals surface area contributed by atoms with Gasteiger partial charge in [-0.05, 0) is 70.0 Å². The Morgan fingerprint density at radius 1 is 0.784 bits per heavy atom. The lowest BCUT2D eigenvalue weighted by Crippen LogP contribution is -2.56. The minimum atomic E-state index is -0.733. The van der Waals surface area contributed by atoms with Gasteiger partial charge in [0.1, 0.15) is 5.82 Å². The molecule has 0 amide bonds. The molecule has 37 heavy (non-hydrogen) atoms. The maximum atomic E-state index is 11.6. The van der Waals surface area contributed by atoms with Gasteiger partial charge >= 0.3 is 5.97 Å². The number of aromatic nitrogens is 2. The van der Waals surface area contributed by atoms with Gasteiger partial charge in [-0.15, -0.1) is 0 Å². The van der Waals surface area contributed by atoms with Crippen LogP contribution in [0.1, 0.15) is 121 Å². The number of fused-ring (bicyclic) bond motifs is 3. The molecule has 2 unspecified atom stereocenters. The zero-order valence-corrected chi connectivity index (χ0v) is 22.6. The van der Waals surface area contributed by atoms with Gasteiger partial charge in [0.15, 0.2) is 0 Å². The van der Waals surface area contributed by atoms with Gasteiger partial charge in [-0.1, -0.05) is 63.5 Å². The molecule has 1 aromatic carbocycles. The molecule has 0 spiro atoms. The molecule has 1 aromatic heterocycles. The molecule has 6 heteroatoms. The lowest BCUT2D eigenvalue weighted by Gasteiger charge is -2.53. The van der Waals surface area contributed by atoms with Gasteiger partial charge < -0.3 is 9.67 Å². The van der Waals surface area contributed by atoms with E-state index in [1.54, 1.807) is 0 Å². The number of carboxylic acid groups (broad SMARTS) is 1. The zero-order chi connectivity index (χ0) is 25.2. The van der Waals surface area contributed by atoms with E-state index in [1.807, 2.05) is 0 Å². The SMILES string of the molecule is O=C(O)CN1CCC[C@@H]1c1nc2ccccc2n1C1CC2CCCC(C1)N2C1CCCCCCCCC1. The summed E-state index contributed by atoms with van der Waals surface area (Å²) in [4.78, 5) is 22.0. The van der Waals surface area contributed by atoms with Crippen LogP contribution in [0.4, 0.5) is 0 Å². The molecule has 202 valence electrons. The van der Waals surface area contributed by atoms with E-state index < -0.39 is 5.97 Å². The van der Waals surface area contributed by atoms with Crippen molar-refractivity contribution >= 4 is 17.0 Å². The number of para-hydroxylation sites is 2. The van der Waals surface area contributed by atoms with Crippen LogP contribution in [0.5, 0.6) is 0 Å². The first-order chi connectivity index (χ1) is 18.2. The van der Waals surface area contributed by atoms with Crippen molar-refractivity contribution < 1.29 is 9.90 Å². The second-order valence-corrected chi connectivity index (χ2v) is 12.4. The van der Waals surface area contributed by atoms with Gasteiger partial charge in [0.2, 0.25) is 0 Å². The van der Waals surface area contributed by atoms with E-state index in [9.17, 15) is 9.90 Å². The number of likely N-dealkylation sites (tertiary alicyclic amines) is 1. The number of rotatable bonds is 5. The summed E-state index contributed by atoms with van der Waals surface area (Å²) < 4.78 is 2.58. The number of hydrogen-bond acceptors (Lipinski definition) is 4. The molecular formula is C31H46N4O2. The van der Waals surface area contributed by atoms with Crippen molar-refractivity contribution in [3.63, 3.8) is 0 Å². The Balaban J connectivity index is 1.29. The summed E-state index contributed by atoms with van der Waals surface area (Å²) in [5.74, 6) is 0.387. The highest BCUT2D eigenvalue weighted by atomic mass is 16.4. The van der Waals surface area contributed by atoms with Crippen molar-refractivity contribution in [2.24, 2.45) is 0 Å². The molecule has 1 saturated carbocycles. The van der Waals surface area contributed by atoms with Crippen LogP contribution in [-0.4, -0.2) is 61.6 Å². The summed E-state index contributed by atoms with van der Waals surface area (Å²) in [5, 5.41) is 9.55. The number of piperidine rings is 2. The Hall–Kier alpha value is -1.92. The van der Waals surface area contributed by atoms with Crippen LogP contribution in [0.2, 0.25) is 0 Å². The quantitative estimate of drug-likeness (QED) is 0.488. The van der Waals surface area contributed by atoms with Crippen molar-refractivity contribution in [2.45, 2.75) is 133 Å². The lowest BCUT2D eigenvalue weighted by atomic mass is 9.79. The zero-order valence-electron chi connectivity index (χ0n) is 22.6. The van der Waals surface area contributed by atoms with Gasteiger partial charge in [0.05, 0.1) is 23.6 Å². The topological polar surface area (TPSA) is 61.6 Å². The Labute approximate surface area is 222 Å². The van der Waals surface area contributed by atoms with Crippen molar-refractivity contribution in [3.05, 3.63) is 30.1 Å². The highest BCUT2D eigenvalue weighted by Crippen LogP contribution is 2.45. The minimum Gasteiger partial charge on any atom is -0.480 e. The van der Waals surface area contributed by atoms with Crippen LogP contribution in [0.25, 0.3) is 11.0 Å². The van der Waals surface area contributed by atoms with Crippen LogP contribution in [0.15, 0.2) is 24.3 Å². The maximum absolute atomic E-state index is 11.6. The Kier molecular flexibility index (Phi) is 7.85. The monoisotopic (exact) mass is 506 g/mol. The summed E-state index contributed by atoms with van der Waals surface area (Å²) >= 11 is 0. The molecule has 6 rings (SSSR count). The highest BCUT2D eigenvalue weighted by Gasteiger charge is 2.43. The van der Waals surface area contributed by atoms with E-state index in [4.69, 9.17) is 4.98 Å². The maximum Gasteiger partial charge on any atom is 0.317 e. The minimum absolute atomic E-state index is 0.110. The second-order valence-electron chi connectivity index (χ2n) is 12.4. The summed E-state index contributed by atoms with van der Waals surface area (Å²) in [6.45, 7) is 0.963. The summed E-state index contributed by atoms with van der Waals surface area (Å²) in [5.41, 5.74) is 2.31. The van der Waals surface area contributed by atoms with Gasteiger partial charge in [-0.3, -0.25) is 14.6 Å². The smallest absolute Gasteiger partial charge is 0.317 e. The Morgan fingerprint density at radius 3 is 2.14 bits per heavy atom. The van der Waals surface area contributed by atoms with Crippen molar-refractivity contribution in [2.75, 3.05) is 13.1 Å². The fourth-order valence-corrected chi connectivity index (χ4v) is 8.45. The van der Waals surface area contributed by atoms with Gasteiger partial charge in [-0.25, -0.2) is 4.98 Å². The Morgan fingerprint density at radius 2 is 1.43 bits per heavy atom. The normalized spacial score (nSPS) is 31.0. The molecule has 3 saturated heterocycles. The summed E-state index contributed by atoms with van der Waals surface area (Å²) in [6.07, 6.45) is 21.2. The molecule has 4 heterocycles. The third-order valence-electron chi connectivity index (χ3n) is 9.99. The first-order valence-electron chi connectivity index (χ1n) is 15.4. The number of nitrogens with zero attached hydrogens (tertiary/aromatic N) is 4. The number of carboxylic acids is 1. The average Bonchev–Trinajstić information content (AvgIpc) is 3.50. The number of benzene rings is 1. The van der Waals surface area contributed by atoms with E-state index in [-0.39, 0.29) is 12.6 Å². The lowest BCUT2D eigenvalue weighted by molar-refractivity contribution is -0.138. The number of imidazole rings is 1. The molecule has 4 fully saturated rings. The van der Waals surface area contributed by atoms with E-state index >= 15 is 0 Å². The molecule has 3 atom stereocenters. The molecule has 3 aliphatic heterocycles. The summed E-state index contributed by atoms with van der Waals surface area (Å²) in [6, 6.07) is 11.3. The van der Waals surface area contributed by atoms with Crippen molar-refractivity contribution in [3.8, 4) is 0 Å². The molecular weight excluding hydrogens is 460 g/mol. The molecule has 1 aliphatic carbocycles. The predicted molar refractivity (Wildman–Crippen MR) is 148 cm³/mol. The van der Waals surface area contributed by atoms with Gasteiger partial charge in [0.25, 0.3) is 0 Å². The van der Waals surface area contributed by atoms with Crippen LogP contribution in [-0.2, 0) is 4.79 Å². The predicted octanol–water partition coefficient (Wildman–Crippen LogP) is 6.71. The fourth-order valence-electron chi connectivity index (χ4n) is 8.45. The van der Waals surface area contributed by atoms with Crippen LogP contribution in [0.3, 0.4) is 0 Å². The molecule has 2 aromatic rings. The van der Waals surface area contributed by atoms with Crippen molar-refractivity contribution in [1.82, 2.24) is 19.4 Å². The van der Waals surface area contributed by atoms with Gasteiger partial charge in [-0.2, -0.15) is 0 Å². The van der Waals surface area contributed by atoms with E-state index in [2.05, 4.69) is 38.6 Å². The highest BCUT2D eigenvalue weighted by molar-refractivity contribution is 5.76. The molecule has 1 N–H and O–H groups in total. The molecule has 4 aliphatic rings. The number of carbonyl (C=O) groups is 1. The second kappa shape index (κ2) is 11.4. The first-order valence-corrected chi connectivity index (χ1v) is 15.4. The fraction of sp³-hybridized carbons (Fsp3) is 0.742. The van der Waals surface area contributed by atoms with Crippen LogP contribution < -0.4 is 0 Å². The average molecular weight is 507 g/mol. The van der Waals surface area contributed by atoms with E-state index in [0.717, 1.165) is 36.8 Å². The Bertz CT molecular complexity index is 1040. The van der Waals surface area contributed by atoms with E-state index in [1.165, 1.54) is 95.4 Å². The third kappa shape index (κ3) is 5.34. The third-order valence-corrected chi connectivity index (χ3v) is 9.99. The van der Waals surface area contributed by atoms with Crippen LogP contribution in [0, 0.1) is 0 Å². The number of hydrogen-bond donors (Lipinski definition) is 1. The van der Waals surface area contributed by atoms with Crippen molar-refractivity contribution in [1.29, 1.82) is 0 Å². The van der Waals surface area contributed by atoms with E-state index in [0.29, 0.717) is 18.1 Å². The standard InChI is InChI=1S/C31H46N4O2/c36-30(37)22-33-19-11-18-29(33)31-32-27-16-8-9-17-28(27)35(31)26-20-24-14-10-15-25(21-26)34(24)23-12-6-4-2-1-3-5-7-13-23/h8-9,16-17,23-26,29H,1-7,10-15,18-22H2,(H,36,37)/t24?,25?,26?,29-/m1/s1. The van der Waals surface area contributed by atoms with Crippen LogP contribution >= 0.6 is 0 Å². The number of aliphatic carboxylic acids is 1. The molecule has 2 bridgehead atoms. The molecule has 6 nitrogen and oxygen atoms in total. The summed E-state index contributed by atoms with van der Waals surface area (Å²) in [7, 11) is 0. The largest absolute Gasteiger partial charge is 0.480 e. The van der Waals surface area contributed by atoms with Gasteiger partial charge in [0, 0.05) is 24.2 Å².